The molecule has 3 N–H and O–H groups in total. The summed E-state index contributed by atoms with van der Waals surface area (Å²) < 4.78 is 10.6. The van der Waals surface area contributed by atoms with E-state index in [0.29, 0.717) is 45.2 Å². The molecule has 3 aromatic heterocycles. The second-order valence-corrected chi connectivity index (χ2v) is 8.14. The molecule has 3 aromatic rings. The van der Waals surface area contributed by atoms with Gasteiger partial charge in [-0.15, -0.1) is 0 Å². The normalized spacial score (nSPS) is 22.2. The molecule has 4 heterocycles. The van der Waals surface area contributed by atoms with Gasteiger partial charge < -0.3 is 25.1 Å². The Morgan fingerprint density at radius 3 is 2.81 bits per heavy atom. The number of pyridine rings is 1. The number of nitrogens with zero attached hydrogens (tertiary/aromatic N) is 4. The second kappa shape index (κ2) is 7.67. The lowest BCUT2D eigenvalue weighted by molar-refractivity contribution is 0.0600. The zero-order chi connectivity index (χ0) is 21.7. The first-order chi connectivity index (χ1) is 15.0. The van der Waals surface area contributed by atoms with Crippen LogP contribution in [0.15, 0.2) is 24.0 Å². The summed E-state index contributed by atoms with van der Waals surface area (Å²) in [4.78, 5) is 30.2. The third-order valence-electron chi connectivity index (χ3n) is 5.71. The number of esters is 1. The van der Waals surface area contributed by atoms with E-state index in [2.05, 4.69) is 24.8 Å². The van der Waals surface area contributed by atoms with E-state index in [1.807, 2.05) is 0 Å². The zero-order valence-corrected chi connectivity index (χ0v) is 17.9. The van der Waals surface area contributed by atoms with Crippen LogP contribution in [0.5, 0.6) is 11.8 Å². The Bertz CT molecular complexity index is 1200. The molecule has 9 nitrogen and oxygen atoms in total. The van der Waals surface area contributed by atoms with Gasteiger partial charge in [0, 0.05) is 30.9 Å². The molecular weight excluding hydrogens is 443 g/mol. The minimum Gasteiger partial charge on any atom is -0.465 e. The topological polar surface area (TPSA) is 119 Å². The smallest absolute Gasteiger partial charge is 0.339 e. The largest absolute Gasteiger partial charge is 0.465 e. The van der Waals surface area contributed by atoms with Crippen LogP contribution in [0.2, 0.25) is 5.02 Å². The Hall–Kier alpha value is -2.88. The fourth-order valence-electron chi connectivity index (χ4n) is 4.05. The lowest BCUT2D eigenvalue weighted by Gasteiger charge is -2.21. The SMILES string of the molecule is COC(=O)c1cncc(Oc2nc(N3CC4C(N)C4C3)c3c(Cl)c(C=CCl)[nH]c3n2)c1. The minimum absolute atomic E-state index is 0.0931. The van der Waals surface area contributed by atoms with Crippen LogP contribution < -0.4 is 15.4 Å². The lowest BCUT2D eigenvalue weighted by Crippen LogP contribution is -2.29. The van der Waals surface area contributed by atoms with Crippen molar-refractivity contribution in [1.29, 1.82) is 0 Å². The van der Waals surface area contributed by atoms with Gasteiger partial charge in [-0.3, -0.25) is 4.98 Å². The fraction of sp³-hybridized carbons (Fsp3) is 0.300. The van der Waals surface area contributed by atoms with Crippen molar-refractivity contribution in [2.75, 3.05) is 25.1 Å². The number of nitrogens with two attached hydrogens (primary N) is 1. The van der Waals surface area contributed by atoms with Crippen molar-refractivity contribution >= 4 is 52.1 Å². The molecule has 1 aliphatic heterocycles. The summed E-state index contributed by atoms with van der Waals surface area (Å²) in [6.45, 7) is 1.58. The molecule has 0 spiro atoms. The first kappa shape index (κ1) is 20.0. The molecule has 0 bridgehead atoms. The number of piperidine rings is 1. The number of ether oxygens (including phenoxy) is 2. The summed E-state index contributed by atoms with van der Waals surface area (Å²) in [5.41, 5.74) is 8.85. The fourth-order valence-corrected chi connectivity index (χ4v) is 4.46. The molecule has 5 rings (SSSR count). The van der Waals surface area contributed by atoms with E-state index in [4.69, 9.17) is 38.4 Å². The Balaban J connectivity index is 1.55. The summed E-state index contributed by atoms with van der Waals surface area (Å²) in [5, 5.41) is 1.17. The molecular formula is C20H18Cl2N6O3. The maximum absolute atomic E-state index is 11.8. The van der Waals surface area contributed by atoms with Crippen LogP contribution in [-0.4, -0.2) is 52.1 Å². The molecule has 31 heavy (non-hydrogen) atoms. The predicted molar refractivity (Wildman–Crippen MR) is 117 cm³/mol. The number of hydrogen-bond donors (Lipinski definition) is 2. The molecule has 160 valence electrons. The highest BCUT2D eigenvalue weighted by molar-refractivity contribution is 6.38. The average molecular weight is 461 g/mol. The van der Waals surface area contributed by atoms with Gasteiger partial charge in [0.05, 0.1) is 35.0 Å². The van der Waals surface area contributed by atoms with Gasteiger partial charge in [-0.1, -0.05) is 23.2 Å². The van der Waals surface area contributed by atoms with E-state index < -0.39 is 5.97 Å². The van der Waals surface area contributed by atoms with Gasteiger partial charge in [-0.25, -0.2) is 4.79 Å². The Labute approximate surface area is 187 Å². The summed E-state index contributed by atoms with van der Waals surface area (Å²) in [6.07, 6.45) is 4.51. The molecule has 2 atom stereocenters. The number of nitrogens with one attached hydrogen (secondary N) is 1. The predicted octanol–water partition coefficient (Wildman–Crippen LogP) is 3.19. The van der Waals surface area contributed by atoms with Crippen molar-refractivity contribution < 1.29 is 14.3 Å². The van der Waals surface area contributed by atoms with Gasteiger partial charge in [0.1, 0.15) is 17.2 Å². The second-order valence-electron chi connectivity index (χ2n) is 7.51. The highest BCUT2D eigenvalue weighted by Crippen LogP contribution is 2.47. The van der Waals surface area contributed by atoms with Crippen molar-refractivity contribution in [1.82, 2.24) is 19.9 Å². The van der Waals surface area contributed by atoms with Gasteiger partial charge in [-0.2, -0.15) is 9.97 Å². The quantitative estimate of drug-likeness (QED) is 0.556. The van der Waals surface area contributed by atoms with Crippen LogP contribution in [0.25, 0.3) is 17.1 Å². The van der Waals surface area contributed by atoms with Crippen LogP contribution in [0, 0.1) is 11.8 Å². The maximum atomic E-state index is 11.8. The van der Waals surface area contributed by atoms with E-state index in [1.165, 1.54) is 31.1 Å². The summed E-state index contributed by atoms with van der Waals surface area (Å²) >= 11 is 12.4. The van der Waals surface area contributed by atoms with Gasteiger partial charge in [0.2, 0.25) is 0 Å². The van der Waals surface area contributed by atoms with Crippen LogP contribution >= 0.6 is 23.2 Å². The molecule has 2 fully saturated rings. The Morgan fingerprint density at radius 2 is 2.10 bits per heavy atom. The molecule has 1 saturated carbocycles. The van der Waals surface area contributed by atoms with Crippen molar-refractivity contribution in [2.45, 2.75) is 6.04 Å². The number of aromatic amines is 1. The third-order valence-corrected chi connectivity index (χ3v) is 6.23. The Morgan fingerprint density at radius 1 is 1.32 bits per heavy atom. The summed E-state index contributed by atoms with van der Waals surface area (Å²) in [7, 11) is 1.30. The molecule has 0 amide bonds. The van der Waals surface area contributed by atoms with Crippen molar-refractivity contribution in [3.63, 3.8) is 0 Å². The number of aromatic nitrogens is 4. The first-order valence-corrected chi connectivity index (χ1v) is 10.4. The molecule has 1 aliphatic carbocycles. The van der Waals surface area contributed by atoms with Crippen molar-refractivity contribution in [3.8, 4) is 11.8 Å². The van der Waals surface area contributed by atoms with Gasteiger partial charge in [-0.05, 0) is 24.0 Å². The van der Waals surface area contributed by atoms with E-state index in [1.54, 1.807) is 6.08 Å². The number of carbonyl (C=O) groups is 1. The molecule has 1 saturated heterocycles. The first-order valence-electron chi connectivity index (χ1n) is 9.58. The van der Waals surface area contributed by atoms with Crippen LogP contribution in [0.3, 0.4) is 0 Å². The van der Waals surface area contributed by atoms with E-state index in [-0.39, 0.29) is 17.6 Å². The number of anilines is 1. The van der Waals surface area contributed by atoms with Crippen molar-refractivity contribution in [2.24, 2.45) is 17.6 Å². The van der Waals surface area contributed by atoms with E-state index in [9.17, 15) is 4.79 Å². The van der Waals surface area contributed by atoms with E-state index in [0.717, 1.165) is 13.1 Å². The number of carbonyl (C=O) groups excluding carboxylic acids is 1. The van der Waals surface area contributed by atoms with Crippen LogP contribution in [-0.2, 0) is 4.74 Å². The Kier molecular flexibility index (Phi) is 4.96. The van der Waals surface area contributed by atoms with Gasteiger partial charge in [0.25, 0.3) is 0 Å². The number of H-pyrrole nitrogens is 1. The van der Waals surface area contributed by atoms with Crippen LogP contribution in [0.1, 0.15) is 16.1 Å². The molecule has 2 aliphatic rings. The minimum atomic E-state index is -0.517. The number of hydrogen-bond acceptors (Lipinski definition) is 8. The lowest BCUT2D eigenvalue weighted by atomic mass is 10.3. The molecule has 0 radical (unpaired) electrons. The monoisotopic (exact) mass is 460 g/mol. The summed E-state index contributed by atoms with van der Waals surface area (Å²) in [6, 6.07) is 1.85. The molecule has 11 heteroatoms. The standard InChI is InChI=1S/C20H18Cl2N6O3/c1-30-19(29)9-4-10(6-24-5-9)31-20-26-17-14(15(22)13(25-17)2-3-21)18(27-20)28-7-11-12(8-28)16(11)23/h2-6,11-12,16H,7-8,23H2,1H3,(H,25,26,27). The highest BCUT2D eigenvalue weighted by Gasteiger charge is 2.54. The van der Waals surface area contributed by atoms with Gasteiger partial charge >= 0.3 is 12.0 Å². The highest BCUT2D eigenvalue weighted by atomic mass is 35.5. The number of fused-ring (bicyclic) bond motifs is 2. The number of rotatable bonds is 5. The maximum Gasteiger partial charge on any atom is 0.339 e. The van der Waals surface area contributed by atoms with Gasteiger partial charge in [0.15, 0.2) is 0 Å². The van der Waals surface area contributed by atoms with E-state index >= 15 is 0 Å². The summed E-state index contributed by atoms with van der Waals surface area (Å²) in [5.74, 6) is 1.35. The molecule has 0 aromatic carbocycles. The zero-order valence-electron chi connectivity index (χ0n) is 16.4. The van der Waals surface area contributed by atoms with Crippen LogP contribution in [0.4, 0.5) is 5.82 Å². The molecule has 2 unspecified atom stereocenters. The number of methoxy groups -OCH3 is 1. The number of halogens is 2. The third kappa shape index (κ3) is 3.48. The average Bonchev–Trinajstić information content (AvgIpc) is 3.09. The van der Waals surface area contributed by atoms with Crippen molar-refractivity contribution in [3.05, 3.63) is 40.3 Å².